The summed E-state index contributed by atoms with van der Waals surface area (Å²) in [5.41, 5.74) is 2.16. The number of rotatable bonds is 2. The molecule has 0 radical (unpaired) electrons. The standard InChI is InChI=1S/C13H10ClN5/c1-8-10(7-16)13(19(2)18-8)17-12-5-9(6-15)3-4-11(12)14/h3-5,17H,1-2H3. The highest BCUT2D eigenvalue weighted by Gasteiger charge is 2.14. The predicted molar refractivity (Wildman–Crippen MR) is 72.1 cm³/mol. The first kappa shape index (κ1) is 12.9. The van der Waals surface area contributed by atoms with E-state index in [4.69, 9.17) is 22.1 Å². The summed E-state index contributed by atoms with van der Waals surface area (Å²) < 4.78 is 1.57. The summed E-state index contributed by atoms with van der Waals surface area (Å²) in [5, 5.41) is 25.7. The van der Waals surface area contributed by atoms with Crippen molar-refractivity contribution in [3.8, 4) is 12.1 Å². The van der Waals surface area contributed by atoms with Crippen molar-refractivity contribution in [2.75, 3.05) is 5.32 Å². The molecule has 1 heterocycles. The number of halogens is 1. The molecule has 1 aromatic carbocycles. The maximum absolute atomic E-state index is 9.13. The molecule has 0 aliphatic carbocycles. The van der Waals surface area contributed by atoms with Crippen LogP contribution in [0.3, 0.4) is 0 Å². The van der Waals surface area contributed by atoms with Crippen molar-refractivity contribution >= 4 is 23.1 Å². The number of nitrogens with zero attached hydrogens (tertiary/aromatic N) is 4. The van der Waals surface area contributed by atoms with Crippen molar-refractivity contribution in [2.24, 2.45) is 7.05 Å². The fourth-order valence-electron chi connectivity index (χ4n) is 1.75. The Morgan fingerprint density at radius 1 is 1.32 bits per heavy atom. The summed E-state index contributed by atoms with van der Waals surface area (Å²) in [5.74, 6) is 0.553. The second kappa shape index (κ2) is 5.01. The van der Waals surface area contributed by atoms with E-state index >= 15 is 0 Å². The Bertz CT molecular complexity index is 718. The first-order valence-corrected chi connectivity index (χ1v) is 5.85. The van der Waals surface area contributed by atoms with Crippen LogP contribution < -0.4 is 5.32 Å². The van der Waals surface area contributed by atoms with Gasteiger partial charge in [-0.2, -0.15) is 15.6 Å². The summed E-state index contributed by atoms with van der Waals surface area (Å²) in [4.78, 5) is 0. The predicted octanol–water partition coefficient (Wildman–Crippen LogP) is 2.87. The molecule has 6 heteroatoms. The van der Waals surface area contributed by atoms with E-state index in [0.29, 0.717) is 33.3 Å². The number of hydrogen-bond acceptors (Lipinski definition) is 4. The van der Waals surface area contributed by atoms with Gasteiger partial charge in [0.2, 0.25) is 0 Å². The lowest BCUT2D eigenvalue weighted by Crippen LogP contribution is -2.01. The van der Waals surface area contributed by atoms with Crippen molar-refractivity contribution in [3.63, 3.8) is 0 Å². The first-order chi connectivity index (χ1) is 9.06. The lowest BCUT2D eigenvalue weighted by atomic mass is 10.2. The number of nitrogens with one attached hydrogen (secondary N) is 1. The molecule has 2 rings (SSSR count). The molecule has 0 atom stereocenters. The number of aryl methyl sites for hydroxylation is 2. The summed E-state index contributed by atoms with van der Waals surface area (Å²) in [6.07, 6.45) is 0. The molecule has 19 heavy (non-hydrogen) atoms. The van der Waals surface area contributed by atoms with Crippen molar-refractivity contribution in [2.45, 2.75) is 6.92 Å². The SMILES string of the molecule is Cc1nn(C)c(Nc2cc(C#N)ccc2Cl)c1C#N. The van der Waals surface area contributed by atoms with Crippen LogP contribution in [-0.2, 0) is 7.05 Å². The van der Waals surface area contributed by atoms with E-state index in [9.17, 15) is 0 Å². The molecule has 0 aliphatic heterocycles. The van der Waals surface area contributed by atoms with Crippen LogP contribution in [0.2, 0.25) is 5.02 Å². The third-order valence-electron chi connectivity index (χ3n) is 2.68. The quantitative estimate of drug-likeness (QED) is 0.911. The molecule has 94 valence electrons. The minimum absolute atomic E-state index is 0.459. The largest absolute Gasteiger partial charge is 0.338 e. The van der Waals surface area contributed by atoms with Crippen LogP contribution in [0.1, 0.15) is 16.8 Å². The van der Waals surface area contributed by atoms with Gasteiger partial charge in [-0.15, -0.1) is 0 Å². The van der Waals surface area contributed by atoms with Gasteiger partial charge < -0.3 is 5.32 Å². The van der Waals surface area contributed by atoms with E-state index in [0.717, 1.165) is 0 Å². The number of hydrogen-bond donors (Lipinski definition) is 1. The van der Waals surface area contributed by atoms with Gasteiger partial charge in [0.05, 0.1) is 28.0 Å². The second-order valence-corrected chi connectivity index (χ2v) is 4.38. The topological polar surface area (TPSA) is 77.4 Å². The minimum atomic E-state index is 0.459. The molecule has 0 aliphatic rings. The van der Waals surface area contributed by atoms with Crippen LogP contribution in [-0.4, -0.2) is 9.78 Å². The lowest BCUT2D eigenvalue weighted by molar-refractivity contribution is 0.765. The van der Waals surface area contributed by atoms with Crippen LogP contribution in [0.4, 0.5) is 11.5 Å². The van der Waals surface area contributed by atoms with Crippen LogP contribution in [0.15, 0.2) is 18.2 Å². The minimum Gasteiger partial charge on any atom is -0.338 e. The maximum Gasteiger partial charge on any atom is 0.146 e. The Morgan fingerprint density at radius 2 is 2.05 bits per heavy atom. The molecule has 5 nitrogen and oxygen atoms in total. The number of benzene rings is 1. The third kappa shape index (κ3) is 2.37. The van der Waals surface area contributed by atoms with Gasteiger partial charge in [-0.05, 0) is 25.1 Å². The lowest BCUT2D eigenvalue weighted by Gasteiger charge is -2.09. The average Bonchev–Trinajstić information content (AvgIpc) is 2.66. The Labute approximate surface area is 115 Å². The van der Waals surface area contributed by atoms with Gasteiger partial charge in [-0.3, -0.25) is 4.68 Å². The summed E-state index contributed by atoms with van der Waals surface area (Å²) >= 11 is 6.07. The van der Waals surface area contributed by atoms with Crippen molar-refractivity contribution in [3.05, 3.63) is 40.0 Å². The van der Waals surface area contributed by atoms with Gasteiger partial charge in [0.1, 0.15) is 17.5 Å². The fourth-order valence-corrected chi connectivity index (χ4v) is 1.92. The molecule has 2 aromatic rings. The molecule has 0 unspecified atom stereocenters. The van der Waals surface area contributed by atoms with Crippen molar-refractivity contribution < 1.29 is 0 Å². The Kier molecular flexibility index (Phi) is 3.41. The van der Waals surface area contributed by atoms with E-state index in [1.807, 2.05) is 6.07 Å². The van der Waals surface area contributed by atoms with Crippen LogP contribution in [0.25, 0.3) is 0 Å². The van der Waals surface area contributed by atoms with E-state index in [-0.39, 0.29) is 0 Å². The van der Waals surface area contributed by atoms with Crippen molar-refractivity contribution in [1.29, 1.82) is 10.5 Å². The fraction of sp³-hybridized carbons (Fsp3) is 0.154. The van der Waals surface area contributed by atoms with Gasteiger partial charge in [0.15, 0.2) is 0 Å². The highest BCUT2D eigenvalue weighted by atomic mass is 35.5. The Morgan fingerprint density at radius 3 is 2.68 bits per heavy atom. The third-order valence-corrected chi connectivity index (χ3v) is 3.01. The van der Waals surface area contributed by atoms with Gasteiger partial charge in [0, 0.05) is 7.05 Å². The van der Waals surface area contributed by atoms with E-state index in [1.54, 1.807) is 36.9 Å². The van der Waals surface area contributed by atoms with Gasteiger partial charge in [0.25, 0.3) is 0 Å². The second-order valence-electron chi connectivity index (χ2n) is 3.98. The highest BCUT2D eigenvalue weighted by molar-refractivity contribution is 6.33. The molecule has 0 spiro atoms. The molecule has 0 bridgehead atoms. The average molecular weight is 272 g/mol. The van der Waals surface area contributed by atoms with Gasteiger partial charge in [-0.25, -0.2) is 0 Å². The van der Waals surface area contributed by atoms with Gasteiger partial charge >= 0.3 is 0 Å². The summed E-state index contributed by atoms with van der Waals surface area (Å²) in [6.45, 7) is 1.76. The smallest absolute Gasteiger partial charge is 0.146 e. The number of anilines is 2. The Balaban J connectivity index is 2.48. The van der Waals surface area contributed by atoms with Crippen LogP contribution >= 0.6 is 11.6 Å². The summed E-state index contributed by atoms with van der Waals surface area (Å²) in [7, 11) is 1.73. The molecule has 0 saturated carbocycles. The first-order valence-electron chi connectivity index (χ1n) is 5.47. The molecule has 0 fully saturated rings. The van der Waals surface area contributed by atoms with E-state index in [2.05, 4.69) is 16.5 Å². The number of nitriles is 2. The Hall–Kier alpha value is -2.50. The molecular weight excluding hydrogens is 262 g/mol. The monoisotopic (exact) mass is 271 g/mol. The highest BCUT2D eigenvalue weighted by Crippen LogP contribution is 2.28. The van der Waals surface area contributed by atoms with Crippen LogP contribution in [0, 0.1) is 29.6 Å². The van der Waals surface area contributed by atoms with Crippen LogP contribution in [0.5, 0.6) is 0 Å². The normalized spacial score (nSPS) is 9.74. The van der Waals surface area contributed by atoms with E-state index in [1.165, 1.54) is 0 Å². The zero-order valence-electron chi connectivity index (χ0n) is 10.4. The van der Waals surface area contributed by atoms with Crippen molar-refractivity contribution in [1.82, 2.24) is 9.78 Å². The zero-order chi connectivity index (χ0) is 14.0. The van der Waals surface area contributed by atoms with E-state index < -0.39 is 0 Å². The zero-order valence-corrected chi connectivity index (χ0v) is 11.2. The summed E-state index contributed by atoms with van der Waals surface area (Å²) in [6, 6.07) is 9.04. The molecule has 0 saturated heterocycles. The molecule has 0 amide bonds. The maximum atomic E-state index is 9.13. The molecular formula is C13H10ClN5. The number of aromatic nitrogens is 2. The molecule has 1 N–H and O–H groups in total. The van der Waals surface area contributed by atoms with Gasteiger partial charge in [-0.1, -0.05) is 11.6 Å². The molecule has 1 aromatic heterocycles.